The molecule has 4 heteroatoms. The fourth-order valence-corrected chi connectivity index (χ4v) is 5.70. The summed E-state index contributed by atoms with van der Waals surface area (Å²) in [5, 5.41) is 30.2. The van der Waals surface area contributed by atoms with Gasteiger partial charge >= 0.3 is 0 Å². The number of benzene rings is 1. The highest BCUT2D eigenvalue weighted by Gasteiger charge is 2.51. The molecule has 0 aromatic heterocycles. The molecule has 2 saturated carbocycles. The number of aromatic hydroxyl groups is 3. The second-order valence-corrected chi connectivity index (χ2v) is 9.10. The lowest BCUT2D eigenvalue weighted by Crippen LogP contribution is -2.47. The Hall–Kier alpha value is -1.97. The van der Waals surface area contributed by atoms with E-state index in [-0.39, 0.29) is 27.9 Å². The molecule has 3 rings (SSSR count). The predicted molar refractivity (Wildman–Crippen MR) is 102 cm³/mol. The van der Waals surface area contributed by atoms with Crippen LogP contribution in [0.3, 0.4) is 0 Å². The standard InChI is InChI=1S/C22H30O4/c1-13-6-7-18-21(2,3)8-5-9-22(18,4)16(13)10-14-11-17(24)20(26)15(12-23)19(14)25/h10-13,18,24-26H,5-9H2,1-4H3/b16-10+. The zero-order chi connectivity index (χ0) is 19.3. The summed E-state index contributed by atoms with van der Waals surface area (Å²) in [4.78, 5) is 11.2. The Morgan fingerprint density at radius 2 is 1.77 bits per heavy atom. The number of carbonyl (C=O) groups is 1. The van der Waals surface area contributed by atoms with Crippen LogP contribution in [0.25, 0.3) is 6.08 Å². The van der Waals surface area contributed by atoms with Crippen LogP contribution in [-0.2, 0) is 0 Å². The van der Waals surface area contributed by atoms with Crippen molar-refractivity contribution in [1.82, 2.24) is 0 Å². The Bertz CT molecular complexity index is 762. The first-order valence-electron chi connectivity index (χ1n) is 9.57. The van der Waals surface area contributed by atoms with Gasteiger partial charge in [0, 0.05) is 5.56 Å². The largest absolute Gasteiger partial charge is 0.506 e. The van der Waals surface area contributed by atoms with Crippen molar-refractivity contribution in [3.63, 3.8) is 0 Å². The van der Waals surface area contributed by atoms with Gasteiger partial charge in [-0.15, -0.1) is 0 Å². The minimum Gasteiger partial charge on any atom is -0.506 e. The molecule has 1 aromatic rings. The van der Waals surface area contributed by atoms with Crippen LogP contribution in [0.15, 0.2) is 11.6 Å². The Balaban J connectivity index is 2.15. The third-order valence-corrected chi connectivity index (χ3v) is 7.06. The van der Waals surface area contributed by atoms with Gasteiger partial charge in [0.05, 0.1) is 0 Å². The van der Waals surface area contributed by atoms with Gasteiger partial charge in [-0.3, -0.25) is 4.79 Å². The van der Waals surface area contributed by atoms with Gasteiger partial charge < -0.3 is 15.3 Å². The van der Waals surface area contributed by atoms with Gasteiger partial charge in [-0.05, 0) is 54.4 Å². The van der Waals surface area contributed by atoms with E-state index in [1.807, 2.05) is 6.08 Å². The lowest BCUT2D eigenvalue weighted by Gasteiger charge is -2.56. The van der Waals surface area contributed by atoms with Crippen molar-refractivity contribution < 1.29 is 20.1 Å². The summed E-state index contributed by atoms with van der Waals surface area (Å²) in [6.45, 7) is 9.26. The minimum absolute atomic E-state index is 0.0424. The van der Waals surface area contributed by atoms with E-state index in [1.54, 1.807) is 0 Å². The average molecular weight is 358 g/mol. The van der Waals surface area contributed by atoms with Gasteiger partial charge in [-0.25, -0.2) is 0 Å². The zero-order valence-electron chi connectivity index (χ0n) is 16.2. The van der Waals surface area contributed by atoms with Crippen LogP contribution < -0.4 is 0 Å². The number of fused-ring (bicyclic) bond motifs is 1. The summed E-state index contributed by atoms with van der Waals surface area (Å²) in [6.07, 6.45) is 8.15. The molecule has 142 valence electrons. The second-order valence-electron chi connectivity index (χ2n) is 9.10. The molecule has 0 aliphatic heterocycles. The molecular weight excluding hydrogens is 328 g/mol. The summed E-state index contributed by atoms with van der Waals surface area (Å²) in [5.74, 6) is -0.273. The normalized spacial score (nSPS) is 32.2. The number of rotatable bonds is 2. The molecule has 26 heavy (non-hydrogen) atoms. The molecule has 3 atom stereocenters. The first-order chi connectivity index (χ1) is 12.1. The summed E-state index contributed by atoms with van der Waals surface area (Å²) >= 11 is 0. The summed E-state index contributed by atoms with van der Waals surface area (Å²) in [6, 6.07) is 1.35. The van der Waals surface area contributed by atoms with Gasteiger partial charge in [0.2, 0.25) is 0 Å². The molecule has 0 bridgehead atoms. The van der Waals surface area contributed by atoms with Crippen molar-refractivity contribution in [2.24, 2.45) is 22.7 Å². The summed E-state index contributed by atoms with van der Waals surface area (Å²) < 4.78 is 0. The molecule has 2 aliphatic rings. The maximum atomic E-state index is 11.2. The van der Waals surface area contributed by atoms with Crippen molar-refractivity contribution in [3.8, 4) is 17.2 Å². The summed E-state index contributed by atoms with van der Waals surface area (Å²) in [5.41, 5.74) is 1.74. The molecular formula is C22H30O4. The molecule has 0 spiro atoms. The highest BCUT2D eigenvalue weighted by Crippen LogP contribution is 2.61. The van der Waals surface area contributed by atoms with Crippen molar-refractivity contribution in [2.75, 3.05) is 0 Å². The first kappa shape index (κ1) is 18.8. The average Bonchev–Trinajstić information content (AvgIpc) is 2.55. The predicted octanol–water partition coefficient (Wildman–Crippen LogP) is 5.26. The monoisotopic (exact) mass is 358 g/mol. The van der Waals surface area contributed by atoms with Crippen LogP contribution in [0, 0.1) is 22.7 Å². The Kier molecular flexibility index (Phi) is 4.58. The Labute approximate surface area is 155 Å². The number of phenols is 3. The van der Waals surface area contributed by atoms with Crippen LogP contribution >= 0.6 is 0 Å². The van der Waals surface area contributed by atoms with Crippen LogP contribution in [0.1, 0.15) is 75.7 Å². The minimum atomic E-state index is -0.570. The molecule has 3 unspecified atom stereocenters. The maximum absolute atomic E-state index is 11.2. The maximum Gasteiger partial charge on any atom is 0.171 e. The van der Waals surface area contributed by atoms with Crippen molar-refractivity contribution in [1.29, 1.82) is 0 Å². The SMILES string of the molecule is CC1CCC2C(C)(C)CCCC2(C)/C1=C/c1cc(O)c(O)c(C=O)c1O. The van der Waals surface area contributed by atoms with Crippen LogP contribution in [0.5, 0.6) is 17.2 Å². The quantitative estimate of drug-likeness (QED) is 0.383. The van der Waals surface area contributed by atoms with E-state index in [0.29, 0.717) is 23.7 Å². The fourth-order valence-electron chi connectivity index (χ4n) is 5.70. The van der Waals surface area contributed by atoms with Crippen molar-refractivity contribution in [2.45, 2.75) is 59.8 Å². The molecule has 4 nitrogen and oxygen atoms in total. The number of phenolic OH excluding ortho intramolecular Hbond substituents is 3. The first-order valence-corrected chi connectivity index (χ1v) is 9.57. The van der Waals surface area contributed by atoms with Gasteiger partial charge in [0.25, 0.3) is 0 Å². The highest BCUT2D eigenvalue weighted by atomic mass is 16.3. The van der Waals surface area contributed by atoms with Crippen LogP contribution in [0.2, 0.25) is 0 Å². The molecule has 0 heterocycles. The molecule has 1 aromatic carbocycles. The summed E-state index contributed by atoms with van der Waals surface area (Å²) in [7, 11) is 0. The second kappa shape index (κ2) is 6.33. The zero-order valence-corrected chi connectivity index (χ0v) is 16.2. The lowest BCUT2D eigenvalue weighted by atomic mass is 9.48. The third-order valence-electron chi connectivity index (χ3n) is 7.06. The van der Waals surface area contributed by atoms with E-state index in [0.717, 1.165) is 12.8 Å². The number of aldehydes is 1. The van der Waals surface area contributed by atoms with Gasteiger partial charge in [0.1, 0.15) is 11.3 Å². The van der Waals surface area contributed by atoms with Crippen molar-refractivity contribution >= 4 is 12.4 Å². The van der Waals surface area contributed by atoms with Crippen LogP contribution in [0.4, 0.5) is 0 Å². The van der Waals surface area contributed by atoms with Crippen LogP contribution in [-0.4, -0.2) is 21.6 Å². The highest BCUT2D eigenvalue weighted by molar-refractivity contribution is 5.88. The van der Waals surface area contributed by atoms with E-state index in [2.05, 4.69) is 27.7 Å². The number of hydrogen-bond acceptors (Lipinski definition) is 4. The van der Waals surface area contributed by atoms with Gasteiger partial charge in [-0.2, -0.15) is 0 Å². The smallest absolute Gasteiger partial charge is 0.171 e. The van der Waals surface area contributed by atoms with E-state index >= 15 is 0 Å². The number of allylic oxidation sites excluding steroid dienone is 1. The third kappa shape index (κ3) is 2.80. The number of carbonyl (C=O) groups excluding carboxylic acids is 1. The van der Waals surface area contributed by atoms with Crippen molar-refractivity contribution in [3.05, 3.63) is 22.8 Å². The van der Waals surface area contributed by atoms with E-state index < -0.39 is 5.75 Å². The molecule has 0 saturated heterocycles. The topological polar surface area (TPSA) is 77.8 Å². The Morgan fingerprint density at radius 1 is 1.08 bits per heavy atom. The molecule has 0 amide bonds. The van der Waals surface area contributed by atoms with E-state index in [9.17, 15) is 20.1 Å². The van der Waals surface area contributed by atoms with E-state index in [4.69, 9.17) is 0 Å². The van der Waals surface area contributed by atoms with Gasteiger partial charge in [-0.1, -0.05) is 45.8 Å². The Morgan fingerprint density at radius 3 is 2.42 bits per heavy atom. The molecule has 0 radical (unpaired) electrons. The fraction of sp³-hybridized carbons (Fsp3) is 0.591. The molecule has 2 aliphatic carbocycles. The van der Waals surface area contributed by atoms with E-state index in [1.165, 1.54) is 30.9 Å². The molecule has 2 fully saturated rings. The van der Waals surface area contributed by atoms with Gasteiger partial charge in [0.15, 0.2) is 17.8 Å². The lowest BCUT2D eigenvalue weighted by molar-refractivity contribution is -0.00534. The number of hydrogen-bond donors (Lipinski definition) is 3. The molecule has 3 N–H and O–H groups in total.